The van der Waals surface area contributed by atoms with E-state index in [1.807, 2.05) is 49.6 Å². The Hall–Kier alpha value is -3.67. The van der Waals surface area contributed by atoms with Crippen molar-refractivity contribution >= 4 is 16.8 Å². The zero-order chi connectivity index (χ0) is 19.3. The number of benzene rings is 2. The predicted octanol–water partition coefficient (Wildman–Crippen LogP) is 3.63. The van der Waals surface area contributed by atoms with Gasteiger partial charge in [-0.3, -0.25) is 9.67 Å². The lowest BCUT2D eigenvalue weighted by molar-refractivity contribution is 0.240. The number of nitrogens with zero attached hydrogens (tertiary/aromatic N) is 3. The third kappa shape index (κ3) is 3.86. The summed E-state index contributed by atoms with van der Waals surface area (Å²) >= 11 is 0. The molecule has 0 saturated heterocycles. The molecule has 2 aromatic carbocycles. The van der Waals surface area contributed by atoms with Gasteiger partial charge in [-0.25, -0.2) is 4.79 Å². The second-order valence-electron chi connectivity index (χ2n) is 6.59. The van der Waals surface area contributed by atoms with Gasteiger partial charge in [-0.2, -0.15) is 5.10 Å². The van der Waals surface area contributed by atoms with Crippen molar-refractivity contribution in [2.75, 3.05) is 0 Å². The van der Waals surface area contributed by atoms with Gasteiger partial charge >= 0.3 is 6.03 Å². The third-order valence-electron chi connectivity index (χ3n) is 4.63. The van der Waals surface area contributed by atoms with E-state index in [0.717, 1.165) is 27.8 Å². The minimum absolute atomic E-state index is 0.214. The van der Waals surface area contributed by atoms with E-state index in [1.54, 1.807) is 17.1 Å². The standard InChI is InChI=1S/C22H21N5O/c1-27-15-19(14-26-27)21-18(9-5-11-23-21)13-25-22(28)24-12-17-8-4-7-16-6-2-3-10-20(16)17/h2-11,14-15H,12-13H2,1H3,(H2,24,25,28). The molecule has 4 aromatic rings. The van der Waals surface area contributed by atoms with Crippen molar-refractivity contribution in [2.45, 2.75) is 13.1 Å². The zero-order valence-corrected chi connectivity index (χ0v) is 15.6. The van der Waals surface area contributed by atoms with Crippen LogP contribution in [-0.2, 0) is 20.1 Å². The highest BCUT2D eigenvalue weighted by Gasteiger charge is 2.10. The Bertz CT molecular complexity index is 1110. The number of amides is 2. The molecule has 0 aliphatic rings. The first-order valence-electron chi connectivity index (χ1n) is 9.12. The molecule has 2 heterocycles. The van der Waals surface area contributed by atoms with Gasteiger partial charge < -0.3 is 10.6 Å². The van der Waals surface area contributed by atoms with E-state index in [0.29, 0.717) is 13.1 Å². The second kappa shape index (κ2) is 7.92. The number of carbonyl (C=O) groups is 1. The van der Waals surface area contributed by atoms with E-state index >= 15 is 0 Å². The average molecular weight is 371 g/mol. The summed E-state index contributed by atoms with van der Waals surface area (Å²) < 4.78 is 1.73. The first-order chi connectivity index (χ1) is 13.7. The SMILES string of the molecule is Cn1cc(-c2ncccc2CNC(=O)NCc2cccc3ccccc23)cn1. The van der Waals surface area contributed by atoms with Crippen LogP contribution < -0.4 is 10.6 Å². The molecule has 0 bridgehead atoms. The maximum Gasteiger partial charge on any atom is 0.315 e. The number of pyridine rings is 1. The number of urea groups is 1. The quantitative estimate of drug-likeness (QED) is 0.563. The van der Waals surface area contributed by atoms with Crippen molar-refractivity contribution in [2.24, 2.45) is 7.05 Å². The molecule has 2 N–H and O–H groups in total. The molecule has 0 atom stereocenters. The van der Waals surface area contributed by atoms with Crippen molar-refractivity contribution in [3.63, 3.8) is 0 Å². The molecule has 6 heteroatoms. The second-order valence-corrected chi connectivity index (χ2v) is 6.59. The van der Waals surface area contributed by atoms with Crippen LogP contribution in [0.3, 0.4) is 0 Å². The van der Waals surface area contributed by atoms with E-state index in [1.165, 1.54) is 5.39 Å². The van der Waals surface area contributed by atoms with Gasteiger partial charge in [0.2, 0.25) is 0 Å². The summed E-state index contributed by atoms with van der Waals surface area (Å²) in [5.41, 5.74) is 3.78. The fourth-order valence-electron chi connectivity index (χ4n) is 3.24. The number of hydrogen-bond donors (Lipinski definition) is 2. The van der Waals surface area contributed by atoms with Gasteiger partial charge in [0.1, 0.15) is 0 Å². The first kappa shape index (κ1) is 17.7. The molecular weight excluding hydrogens is 350 g/mol. The molecule has 6 nitrogen and oxygen atoms in total. The number of nitrogens with one attached hydrogen (secondary N) is 2. The Morgan fingerprint density at radius 2 is 1.71 bits per heavy atom. The maximum atomic E-state index is 12.3. The Morgan fingerprint density at radius 3 is 2.54 bits per heavy atom. The van der Waals surface area contributed by atoms with E-state index in [-0.39, 0.29) is 6.03 Å². The Morgan fingerprint density at radius 1 is 0.964 bits per heavy atom. The molecule has 0 saturated carbocycles. The van der Waals surface area contributed by atoms with Crippen molar-refractivity contribution in [3.05, 3.63) is 84.3 Å². The maximum absolute atomic E-state index is 12.3. The fourth-order valence-corrected chi connectivity index (χ4v) is 3.24. The molecule has 0 radical (unpaired) electrons. The van der Waals surface area contributed by atoms with Crippen LogP contribution in [-0.4, -0.2) is 20.8 Å². The summed E-state index contributed by atoms with van der Waals surface area (Å²) in [6.45, 7) is 0.856. The predicted molar refractivity (Wildman–Crippen MR) is 109 cm³/mol. The lowest BCUT2D eigenvalue weighted by Gasteiger charge is -2.11. The summed E-state index contributed by atoms with van der Waals surface area (Å²) in [5.74, 6) is 0. The minimum atomic E-state index is -0.214. The van der Waals surface area contributed by atoms with Gasteiger partial charge in [0.15, 0.2) is 0 Å². The van der Waals surface area contributed by atoms with Gasteiger partial charge in [-0.05, 0) is 28.0 Å². The van der Waals surface area contributed by atoms with Crippen LogP contribution in [0.5, 0.6) is 0 Å². The molecule has 140 valence electrons. The van der Waals surface area contributed by atoms with Gasteiger partial charge in [-0.1, -0.05) is 48.5 Å². The lowest BCUT2D eigenvalue weighted by atomic mass is 10.0. The zero-order valence-electron chi connectivity index (χ0n) is 15.6. The highest BCUT2D eigenvalue weighted by atomic mass is 16.2. The molecule has 2 aromatic heterocycles. The van der Waals surface area contributed by atoms with Crippen molar-refractivity contribution < 1.29 is 4.79 Å². The Labute approximate surface area is 163 Å². The largest absolute Gasteiger partial charge is 0.334 e. The lowest BCUT2D eigenvalue weighted by Crippen LogP contribution is -2.34. The molecule has 2 amide bonds. The van der Waals surface area contributed by atoms with E-state index < -0.39 is 0 Å². The summed E-state index contributed by atoms with van der Waals surface area (Å²) in [6.07, 6.45) is 5.42. The highest BCUT2D eigenvalue weighted by Crippen LogP contribution is 2.20. The van der Waals surface area contributed by atoms with Gasteiger partial charge in [0, 0.05) is 38.1 Å². The Balaban J connectivity index is 1.40. The smallest absolute Gasteiger partial charge is 0.315 e. The van der Waals surface area contributed by atoms with E-state index in [9.17, 15) is 4.79 Å². The number of rotatable bonds is 5. The number of carbonyl (C=O) groups excluding carboxylic acids is 1. The number of fused-ring (bicyclic) bond motifs is 1. The highest BCUT2D eigenvalue weighted by molar-refractivity contribution is 5.86. The molecule has 0 spiro atoms. The topological polar surface area (TPSA) is 71.8 Å². The van der Waals surface area contributed by atoms with Gasteiger partial charge in [0.25, 0.3) is 0 Å². The molecule has 4 rings (SSSR count). The summed E-state index contributed by atoms with van der Waals surface area (Å²) in [5, 5.41) is 12.4. The molecule has 0 aliphatic carbocycles. The monoisotopic (exact) mass is 371 g/mol. The molecule has 0 fully saturated rings. The van der Waals surface area contributed by atoms with Gasteiger partial charge in [0.05, 0.1) is 11.9 Å². The van der Waals surface area contributed by atoms with Crippen molar-refractivity contribution in [1.82, 2.24) is 25.4 Å². The van der Waals surface area contributed by atoms with Crippen LogP contribution in [0.4, 0.5) is 4.79 Å². The Kier molecular flexibility index (Phi) is 5.01. The third-order valence-corrected chi connectivity index (χ3v) is 4.63. The number of hydrogen-bond acceptors (Lipinski definition) is 3. The van der Waals surface area contributed by atoms with E-state index in [4.69, 9.17) is 0 Å². The molecule has 0 aliphatic heterocycles. The van der Waals surface area contributed by atoms with E-state index in [2.05, 4.69) is 38.9 Å². The van der Waals surface area contributed by atoms with Crippen LogP contribution >= 0.6 is 0 Å². The van der Waals surface area contributed by atoms with Crippen LogP contribution in [0.2, 0.25) is 0 Å². The first-order valence-corrected chi connectivity index (χ1v) is 9.12. The number of aryl methyl sites for hydroxylation is 1. The number of aromatic nitrogens is 3. The van der Waals surface area contributed by atoms with Crippen molar-refractivity contribution in [3.8, 4) is 11.3 Å². The summed E-state index contributed by atoms with van der Waals surface area (Å²) in [7, 11) is 1.87. The van der Waals surface area contributed by atoms with Crippen LogP contribution in [0.15, 0.2) is 73.2 Å². The van der Waals surface area contributed by atoms with Crippen molar-refractivity contribution in [1.29, 1.82) is 0 Å². The summed E-state index contributed by atoms with van der Waals surface area (Å²) in [4.78, 5) is 16.8. The minimum Gasteiger partial charge on any atom is -0.334 e. The normalized spacial score (nSPS) is 10.8. The van der Waals surface area contributed by atoms with Gasteiger partial charge in [-0.15, -0.1) is 0 Å². The molecular formula is C22H21N5O. The molecule has 28 heavy (non-hydrogen) atoms. The summed E-state index contributed by atoms with van der Waals surface area (Å²) in [6, 6.07) is 17.9. The van der Waals surface area contributed by atoms with Crippen LogP contribution in [0.1, 0.15) is 11.1 Å². The van der Waals surface area contributed by atoms with Crippen LogP contribution in [0, 0.1) is 0 Å². The fraction of sp³-hybridized carbons (Fsp3) is 0.136. The molecule has 0 unspecified atom stereocenters. The average Bonchev–Trinajstić information content (AvgIpc) is 3.17. The van der Waals surface area contributed by atoms with Crippen LogP contribution in [0.25, 0.3) is 22.0 Å².